The predicted octanol–water partition coefficient (Wildman–Crippen LogP) is 1.92. The lowest BCUT2D eigenvalue weighted by atomic mass is 10.1. The van der Waals surface area contributed by atoms with Crippen molar-refractivity contribution in [1.82, 2.24) is 20.6 Å². The average Bonchev–Trinajstić information content (AvgIpc) is 2.93. The number of hydrazine groups is 1. The summed E-state index contributed by atoms with van der Waals surface area (Å²) in [5, 5.41) is 7.41. The molecule has 0 radical (unpaired) electrons. The number of anilines is 1. The van der Waals surface area contributed by atoms with Crippen molar-refractivity contribution >= 4 is 28.9 Å². The van der Waals surface area contributed by atoms with Crippen molar-refractivity contribution in [3.8, 4) is 0 Å². The van der Waals surface area contributed by atoms with E-state index < -0.39 is 0 Å². The van der Waals surface area contributed by atoms with Crippen LogP contribution in [0.2, 0.25) is 0 Å². The fourth-order valence-corrected chi connectivity index (χ4v) is 2.22. The van der Waals surface area contributed by atoms with E-state index in [1.807, 2.05) is 25.1 Å². The second-order valence-electron chi connectivity index (χ2n) is 4.90. The molecular weight excluding hydrogens is 298 g/mol. The molecule has 2 rings (SSSR count). The summed E-state index contributed by atoms with van der Waals surface area (Å²) in [4.78, 5) is 11.9. The van der Waals surface area contributed by atoms with Gasteiger partial charge in [-0.25, -0.2) is 0 Å². The number of carbonyl (C=O) groups is 1. The van der Waals surface area contributed by atoms with E-state index in [2.05, 4.69) is 28.2 Å². The van der Waals surface area contributed by atoms with Crippen LogP contribution in [-0.4, -0.2) is 20.8 Å². The third kappa shape index (κ3) is 3.82. The number of carbonyl (C=O) groups excluding carboxylic acids is 1. The molecule has 0 fully saturated rings. The van der Waals surface area contributed by atoms with Crippen molar-refractivity contribution in [1.29, 1.82) is 0 Å². The van der Waals surface area contributed by atoms with Crippen molar-refractivity contribution in [3.63, 3.8) is 0 Å². The molecule has 1 aromatic heterocycles. The molecule has 0 unspecified atom stereocenters. The number of rotatable bonds is 3. The molecule has 22 heavy (non-hydrogen) atoms. The first-order valence-corrected chi connectivity index (χ1v) is 7.36. The summed E-state index contributed by atoms with van der Waals surface area (Å²) in [6.07, 6.45) is 4.02. The maximum absolute atomic E-state index is 11.9. The highest BCUT2D eigenvalue weighted by molar-refractivity contribution is 7.80. The Kier molecular flexibility index (Phi) is 5.11. The zero-order chi connectivity index (χ0) is 16.1. The SMILES string of the molecule is CCc1cccc(C)c1NC(=S)NNC(=O)c1cnn(C)c1. The third-order valence-corrected chi connectivity index (χ3v) is 3.44. The molecular formula is C15H19N5OS. The van der Waals surface area contributed by atoms with E-state index in [0.29, 0.717) is 10.7 Å². The first kappa shape index (κ1) is 16.0. The van der Waals surface area contributed by atoms with Crippen LogP contribution in [0, 0.1) is 6.92 Å². The van der Waals surface area contributed by atoms with Crippen molar-refractivity contribution in [3.05, 3.63) is 47.3 Å². The lowest BCUT2D eigenvalue weighted by Gasteiger charge is -2.16. The number of amides is 1. The van der Waals surface area contributed by atoms with Gasteiger partial charge in [-0.2, -0.15) is 5.10 Å². The van der Waals surface area contributed by atoms with Gasteiger partial charge >= 0.3 is 0 Å². The van der Waals surface area contributed by atoms with Crippen LogP contribution in [0.15, 0.2) is 30.6 Å². The molecule has 1 heterocycles. The van der Waals surface area contributed by atoms with Gasteiger partial charge < -0.3 is 5.32 Å². The highest BCUT2D eigenvalue weighted by atomic mass is 32.1. The maximum atomic E-state index is 11.9. The third-order valence-electron chi connectivity index (χ3n) is 3.24. The van der Waals surface area contributed by atoms with Crippen LogP contribution in [-0.2, 0) is 13.5 Å². The number of benzene rings is 1. The second kappa shape index (κ2) is 7.04. The average molecular weight is 317 g/mol. The Morgan fingerprint density at radius 3 is 2.77 bits per heavy atom. The zero-order valence-corrected chi connectivity index (χ0v) is 13.6. The zero-order valence-electron chi connectivity index (χ0n) is 12.8. The Hall–Kier alpha value is -2.41. The van der Waals surface area contributed by atoms with E-state index in [-0.39, 0.29) is 5.91 Å². The normalized spacial score (nSPS) is 10.1. The maximum Gasteiger partial charge on any atom is 0.272 e. The van der Waals surface area contributed by atoms with Gasteiger partial charge in [-0.3, -0.25) is 20.3 Å². The lowest BCUT2D eigenvalue weighted by Crippen LogP contribution is -2.43. The number of aromatic nitrogens is 2. The van der Waals surface area contributed by atoms with Crippen LogP contribution in [0.4, 0.5) is 5.69 Å². The minimum atomic E-state index is -0.294. The highest BCUT2D eigenvalue weighted by Crippen LogP contribution is 2.20. The van der Waals surface area contributed by atoms with E-state index >= 15 is 0 Å². The van der Waals surface area contributed by atoms with Crippen molar-refractivity contribution in [2.75, 3.05) is 5.32 Å². The predicted molar refractivity (Wildman–Crippen MR) is 90.6 cm³/mol. The number of aryl methyl sites for hydroxylation is 3. The number of nitrogens with one attached hydrogen (secondary N) is 3. The summed E-state index contributed by atoms with van der Waals surface area (Å²) < 4.78 is 1.56. The van der Waals surface area contributed by atoms with Gasteiger partial charge in [0.15, 0.2) is 5.11 Å². The summed E-state index contributed by atoms with van der Waals surface area (Å²) in [5.41, 5.74) is 8.94. The summed E-state index contributed by atoms with van der Waals surface area (Å²) in [6.45, 7) is 4.10. The number of hydrogen-bond donors (Lipinski definition) is 3. The van der Waals surface area contributed by atoms with E-state index in [9.17, 15) is 4.79 Å². The Bertz CT molecular complexity index is 695. The Balaban J connectivity index is 1.95. The molecule has 116 valence electrons. The van der Waals surface area contributed by atoms with Crippen LogP contribution in [0.1, 0.15) is 28.4 Å². The Morgan fingerprint density at radius 2 is 2.14 bits per heavy atom. The van der Waals surface area contributed by atoms with Gasteiger partial charge in [0.05, 0.1) is 11.8 Å². The topological polar surface area (TPSA) is 71.0 Å². The van der Waals surface area contributed by atoms with Crippen molar-refractivity contribution in [2.45, 2.75) is 20.3 Å². The molecule has 2 aromatic rings. The summed E-state index contributed by atoms with van der Waals surface area (Å²) in [7, 11) is 1.75. The van der Waals surface area contributed by atoms with Gasteiger partial charge in [-0.1, -0.05) is 25.1 Å². The second-order valence-corrected chi connectivity index (χ2v) is 5.31. The summed E-state index contributed by atoms with van der Waals surface area (Å²) in [5.74, 6) is -0.294. The van der Waals surface area contributed by atoms with Crippen LogP contribution < -0.4 is 16.2 Å². The van der Waals surface area contributed by atoms with E-state index in [0.717, 1.165) is 17.7 Å². The van der Waals surface area contributed by atoms with Crippen molar-refractivity contribution < 1.29 is 4.79 Å². The molecule has 1 aromatic carbocycles. The van der Waals surface area contributed by atoms with Crippen molar-refractivity contribution in [2.24, 2.45) is 7.05 Å². The molecule has 0 aliphatic rings. The van der Waals surface area contributed by atoms with Crippen LogP contribution >= 0.6 is 12.2 Å². The van der Waals surface area contributed by atoms with Crippen LogP contribution in [0.5, 0.6) is 0 Å². The molecule has 0 atom stereocenters. The van der Waals surface area contributed by atoms with Crippen LogP contribution in [0.25, 0.3) is 0 Å². The largest absolute Gasteiger partial charge is 0.331 e. The number of thiocarbonyl (C=S) groups is 1. The molecule has 7 heteroatoms. The smallest absolute Gasteiger partial charge is 0.272 e. The fraction of sp³-hybridized carbons (Fsp3) is 0.267. The molecule has 0 bridgehead atoms. The molecule has 0 aliphatic heterocycles. The molecule has 0 saturated heterocycles. The van der Waals surface area contributed by atoms with E-state index in [1.54, 1.807) is 17.9 Å². The first-order valence-electron chi connectivity index (χ1n) is 6.95. The molecule has 0 spiro atoms. The molecule has 0 saturated carbocycles. The lowest BCUT2D eigenvalue weighted by molar-refractivity contribution is 0.0944. The molecule has 1 amide bonds. The summed E-state index contributed by atoms with van der Waals surface area (Å²) in [6, 6.07) is 6.07. The minimum absolute atomic E-state index is 0.294. The van der Waals surface area contributed by atoms with Gasteiger partial charge in [0.1, 0.15) is 0 Å². The van der Waals surface area contributed by atoms with Gasteiger partial charge in [-0.15, -0.1) is 0 Å². The Morgan fingerprint density at radius 1 is 1.36 bits per heavy atom. The molecule has 3 N–H and O–H groups in total. The standard InChI is InChI=1S/C15H19N5OS/c1-4-11-7-5-6-10(2)13(11)17-15(22)19-18-14(21)12-8-16-20(3)9-12/h5-9H,4H2,1-3H3,(H,18,21)(H2,17,19,22). The van der Waals surface area contributed by atoms with Gasteiger partial charge in [0.2, 0.25) is 0 Å². The first-order chi connectivity index (χ1) is 10.5. The molecule has 0 aliphatic carbocycles. The van der Waals surface area contributed by atoms with E-state index in [1.165, 1.54) is 11.8 Å². The highest BCUT2D eigenvalue weighted by Gasteiger charge is 2.09. The number of hydrogen-bond acceptors (Lipinski definition) is 3. The van der Waals surface area contributed by atoms with Gasteiger partial charge in [-0.05, 0) is 36.7 Å². The number of para-hydroxylation sites is 1. The van der Waals surface area contributed by atoms with Gasteiger partial charge in [0.25, 0.3) is 5.91 Å². The number of nitrogens with zero attached hydrogens (tertiary/aromatic N) is 2. The van der Waals surface area contributed by atoms with E-state index in [4.69, 9.17) is 12.2 Å². The fourth-order valence-electron chi connectivity index (χ4n) is 2.07. The molecule has 6 nitrogen and oxygen atoms in total. The quantitative estimate of drug-likeness (QED) is 0.596. The summed E-state index contributed by atoms with van der Waals surface area (Å²) >= 11 is 5.22. The minimum Gasteiger partial charge on any atom is -0.331 e. The van der Waals surface area contributed by atoms with Gasteiger partial charge in [0, 0.05) is 18.9 Å². The Labute approximate surface area is 134 Å². The van der Waals surface area contributed by atoms with Crippen LogP contribution in [0.3, 0.4) is 0 Å². The monoisotopic (exact) mass is 317 g/mol.